The summed E-state index contributed by atoms with van der Waals surface area (Å²) in [7, 11) is -7.35. The van der Waals surface area contributed by atoms with Crippen molar-refractivity contribution in [3.63, 3.8) is 0 Å². The van der Waals surface area contributed by atoms with Gasteiger partial charge in [0.25, 0.3) is 27.8 Å². The number of nitrogens with one attached hydrogen (secondary N) is 1. The minimum absolute atomic E-state index is 0. The number of halogens is 5. The average Bonchev–Trinajstić information content (AvgIpc) is 1.58. The third-order valence-electron chi connectivity index (χ3n) is 18.7. The third-order valence-corrected chi connectivity index (χ3v) is 19.6. The standard InChI is InChI=1S/C26H31ClFN5O2.C26H32FN5O5S.C23H28FN5O.ClH.2Na.O3S/c1-25(2,3)19-14-20(17-6-8-18(28)9-7-17)30-33-15-21(29-23(19)33)24(35)32-13-12-31(16-26(32,4)5)22(34)10-11-27;1-25(2,3)19-14-20(17-6-8-18(27)9-7-17)29-32-15-21(28-23(19)32)24(34)31-12-11-30(16-26(31,4)5)22(33)10-13-38(35,36)37;1-22(2,3)17-12-18(15-6-8-16(24)9-7-15)27-29-13-19(26-20(17)29)21(30)28-11-10-25-14-23(28,4)5;;;;1-4(2)3/h6-9,14-15H,10-13,16H2,1-5H3;6-9,14-15H,10-13,16H2,1-5H3,(H,35,36,37);6-9,12-13,25H,10-11,14H2,1-5H3;1H;;;/q;;;;2*+1;-2. The first-order valence-electron chi connectivity index (χ1n) is 34.8. The maximum atomic E-state index is 13.6. The van der Waals surface area contributed by atoms with E-state index < -0.39 is 43.8 Å². The zero-order valence-corrected chi connectivity index (χ0v) is 72.3. The van der Waals surface area contributed by atoms with Crippen molar-refractivity contribution in [2.45, 2.75) is 150 Å². The molecule has 0 spiro atoms. The number of benzene rings is 3. The van der Waals surface area contributed by atoms with E-state index in [0.717, 1.165) is 46.5 Å². The van der Waals surface area contributed by atoms with Crippen molar-refractivity contribution in [3.8, 4) is 33.8 Å². The second-order valence-electron chi connectivity index (χ2n) is 31.6. The Balaban J connectivity index is 0.000000249. The molecule has 3 saturated heterocycles. The fourth-order valence-electron chi connectivity index (χ4n) is 13.1. The fraction of sp³-hybridized carbons (Fsp3) is 0.453. The monoisotopic (exact) mass is 1620 g/mol. The molecule has 6 aromatic heterocycles. The molecule has 3 aliphatic rings. The molecule has 0 atom stereocenters. The van der Waals surface area contributed by atoms with Crippen LogP contribution in [0.25, 0.3) is 50.7 Å². The molecule has 5 amide bonds. The van der Waals surface area contributed by atoms with Gasteiger partial charge in [0.1, 0.15) is 34.5 Å². The number of rotatable bonds is 11. The van der Waals surface area contributed by atoms with Gasteiger partial charge < -0.3 is 42.8 Å². The Labute approximate surface area is 696 Å². The van der Waals surface area contributed by atoms with Gasteiger partial charge in [0.15, 0.2) is 16.9 Å². The predicted octanol–water partition coefficient (Wildman–Crippen LogP) is 5.21. The maximum absolute atomic E-state index is 13.6. The number of imidazole rings is 3. The Bertz CT molecular complexity index is 5020. The molecule has 2 N–H and O–H groups in total. The first kappa shape index (κ1) is 91.9. The van der Waals surface area contributed by atoms with Crippen LogP contribution in [-0.2, 0) is 55.4 Å². The van der Waals surface area contributed by atoms with Gasteiger partial charge in [-0.15, -0.1) is 24.0 Å². The number of nitrogens with zero attached hydrogens (tertiary/aromatic N) is 14. The summed E-state index contributed by atoms with van der Waals surface area (Å²) in [5.41, 5.74) is 7.44. The van der Waals surface area contributed by atoms with Gasteiger partial charge in [-0.1, -0.05) is 62.3 Å². The van der Waals surface area contributed by atoms with Crippen molar-refractivity contribution >= 4 is 91.6 Å². The van der Waals surface area contributed by atoms with E-state index in [1.54, 1.807) is 83.2 Å². The van der Waals surface area contributed by atoms with E-state index in [-0.39, 0.29) is 178 Å². The van der Waals surface area contributed by atoms with Crippen molar-refractivity contribution in [3.05, 3.63) is 161 Å². The van der Waals surface area contributed by atoms with Crippen LogP contribution in [0.15, 0.2) is 110 Å². The Hall–Kier alpha value is -6.98. The summed E-state index contributed by atoms with van der Waals surface area (Å²) < 4.78 is 102. The normalized spacial score (nSPS) is 15.6. The van der Waals surface area contributed by atoms with E-state index in [0.29, 0.717) is 71.6 Å². The smallest absolute Gasteiger partial charge is 0.917 e. The molecule has 110 heavy (non-hydrogen) atoms. The van der Waals surface area contributed by atoms with Crippen LogP contribution in [0, 0.1) is 17.5 Å². The zero-order chi connectivity index (χ0) is 78.8. The van der Waals surface area contributed by atoms with Gasteiger partial charge in [-0.25, -0.2) is 41.7 Å². The molecule has 582 valence electrons. The third kappa shape index (κ3) is 22.5. The summed E-state index contributed by atoms with van der Waals surface area (Å²) >= 11 is 5.74. The van der Waals surface area contributed by atoms with E-state index >= 15 is 0 Å². The van der Waals surface area contributed by atoms with Crippen LogP contribution in [0.2, 0.25) is 0 Å². The van der Waals surface area contributed by atoms with Gasteiger partial charge >= 0.3 is 59.1 Å². The Morgan fingerprint density at radius 2 is 0.809 bits per heavy atom. The van der Waals surface area contributed by atoms with Crippen LogP contribution < -0.4 is 64.4 Å². The molecule has 9 aromatic rings. The number of hydrogen-bond acceptors (Lipinski definition) is 18. The molecule has 3 aromatic carbocycles. The molecule has 26 nitrogen and oxygen atoms in total. The number of aromatic nitrogens is 9. The van der Waals surface area contributed by atoms with Gasteiger partial charge in [-0.3, -0.25) is 28.5 Å². The average molecular weight is 1620 g/mol. The van der Waals surface area contributed by atoms with Crippen molar-refractivity contribution < 1.29 is 122 Å². The minimum atomic E-state index is -4.24. The first-order valence-corrected chi connectivity index (χ1v) is 37.9. The van der Waals surface area contributed by atoms with Gasteiger partial charge in [0.05, 0.1) is 58.0 Å². The largest absolute Gasteiger partial charge is 1.00 e. The summed E-state index contributed by atoms with van der Waals surface area (Å²) in [6.45, 7) is 34.4. The topological polar surface area (TPSA) is 316 Å². The Kier molecular flexibility index (Phi) is 30.4. The molecule has 3 fully saturated rings. The van der Waals surface area contributed by atoms with Crippen LogP contribution in [-0.4, -0.2) is 203 Å². The molecule has 0 radical (unpaired) electrons. The van der Waals surface area contributed by atoms with E-state index in [1.165, 1.54) is 41.3 Å². The number of fused-ring (bicyclic) bond motifs is 3. The molecule has 12 rings (SSSR count). The van der Waals surface area contributed by atoms with Gasteiger partial charge in [-0.2, -0.15) is 34.7 Å². The van der Waals surface area contributed by atoms with E-state index in [9.17, 15) is 45.6 Å². The van der Waals surface area contributed by atoms with E-state index in [2.05, 4.69) is 81.0 Å². The van der Waals surface area contributed by atoms with Gasteiger partial charge in [0.2, 0.25) is 11.8 Å². The Morgan fingerprint density at radius 1 is 0.518 bits per heavy atom. The molecule has 9 heterocycles. The number of carbonyl (C=O) groups excluding carboxylic acids is 5. The summed E-state index contributed by atoms with van der Waals surface area (Å²) in [5.74, 6) is -2.30. The molecule has 0 unspecified atom stereocenters. The molecule has 35 heteroatoms. The van der Waals surface area contributed by atoms with Crippen molar-refractivity contribution in [1.82, 2.24) is 73.6 Å². The molecule has 0 bridgehead atoms. The van der Waals surface area contributed by atoms with Crippen LogP contribution in [0.3, 0.4) is 0 Å². The summed E-state index contributed by atoms with van der Waals surface area (Å²) in [4.78, 5) is 88.0. The number of amides is 5. The summed E-state index contributed by atoms with van der Waals surface area (Å²) in [6, 6.07) is 24.3. The number of piperazine rings is 3. The second kappa shape index (κ2) is 36.4. The quantitative estimate of drug-likeness (QED) is 0.0552. The number of carbonyl (C=O) groups is 5. The molecular weight excluding hydrogens is 1520 g/mol. The fourth-order valence-corrected chi connectivity index (χ4v) is 13.7. The van der Waals surface area contributed by atoms with Gasteiger partial charge in [0, 0.05) is 111 Å². The number of hydrogen-bond donors (Lipinski definition) is 2. The first-order chi connectivity index (χ1) is 49.7. The van der Waals surface area contributed by atoms with Crippen LogP contribution in [0.4, 0.5) is 13.2 Å². The molecular formula is C75H92Cl2F3N15Na2O11S2. The molecule has 3 aliphatic heterocycles. The van der Waals surface area contributed by atoms with Crippen LogP contribution >= 0.6 is 24.0 Å². The number of alkyl halides is 1. The van der Waals surface area contributed by atoms with Gasteiger partial charge in [-0.05, 0) is 149 Å². The van der Waals surface area contributed by atoms with Crippen molar-refractivity contribution in [1.29, 1.82) is 0 Å². The minimum Gasteiger partial charge on any atom is -0.917 e. The van der Waals surface area contributed by atoms with E-state index in [4.69, 9.17) is 39.1 Å². The molecule has 0 saturated carbocycles. The van der Waals surface area contributed by atoms with Crippen LogP contribution in [0.1, 0.15) is 165 Å². The van der Waals surface area contributed by atoms with Crippen LogP contribution in [0.5, 0.6) is 0 Å². The molecule has 0 aliphatic carbocycles. The maximum Gasteiger partial charge on any atom is 1.00 e. The van der Waals surface area contributed by atoms with Crippen molar-refractivity contribution in [2.75, 3.05) is 70.5 Å². The summed E-state index contributed by atoms with van der Waals surface area (Å²) in [6.07, 6.45) is 4.90. The SMILES string of the molecule is CC(C)(C)c1cc(-c2ccc(F)cc2)nn2cc(C(=O)N3CCN(C(=O)CCCl)CC3(C)C)nc12.CC(C)(C)c1cc(-c2ccc(F)cc2)nn2cc(C(=O)N3CCN(C(=O)CCS(=O)(=O)O)CC3(C)C)nc12.CC(C)(C)c1cc(-c2ccc(F)cc2)nn2cc(C(=O)N3CCNCC3(C)C)nc12.Cl.O=[S-](=O)[O-].[Na+].[Na+]. The van der Waals surface area contributed by atoms with E-state index in [1.807, 2.05) is 71.6 Å². The van der Waals surface area contributed by atoms with Crippen molar-refractivity contribution in [2.24, 2.45) is 0 Å². The second-order valence-corrected chi connectivity index (χ2v) is 33.9. The zero-order valence-electron chi connectivity index (χ0n) is 65.1. The Morgan fingerprint density at radius 3 is 1.07 bits per heavy atom. The summed E-state index contributed by atoms with van der Waals surface area (Å²) in [5, 5.41) is 17.4. The predicted molar refractivity (Wildman–Crippen MR) is 406 cm³/mol.